The highest BCUT2D eigenvalue weighted by molar-refractivity contribution is 5.81. The minimum absolute atomic E-state index is 0.348. The summed E-state index contributed by atoms with van der Waals surface area (Å²) in [5, 5.41) is 0. The zero-order valence-electron chi connectivity index (χ0n) is 10.4. The van der Waals surface area contributed by atoms with Crippen LogP contribution in [0.25, 0.3) is 11.5 Å². The fraction of sp³-hybridized carbons (Fsp3) is 0.286. The van der Waals surface area contributed by atoms with Crippen molar-refractivity contribution in [3.8, 4) is 11.5 Å². The van der Waals surface area contributed by atoms with Gasteiger partial charge in [-0.1, -0.05) is 18.2 Å². The molecule has 98 valence electrons. The number of rotatable bonds is 3. The van der Waals surface area contributed by atoms with Gasteiger partial charge in [-0.25, -0.2) is 4.98 Å². The van der Waals surface area contributed by atoms with E-state index in [9.17, 15) is 4.79 Å². The van der Waals surface area contributed by atoms with E-state index in [4.69, 9.17) is 9.15 Å². The van der Waals surface area contributed by atoms with Gasteiger partial charge in [0.05, 0.1) is 13.2 Å². The first-order valence-electron chi connectivity index (χ1n) is 6.22. The molecule has 3 rings (SSSR count). The summed E-state index contributed by atoms with van der Waals surface area (Å²) < 4.78 is 11.1. The van der Waals surface area contributed by atoms with Crippen LogP contribution in [0.1, 0.15) is 10.5 Å². The van der Waals surface area contributed by atoms with Crippen molar-refractivity contribution in [1.29, 1.82) is 0 Å². The predicted octanol–water partition coefficient (Wildman–Crippen LogP) is 1.99. The van der Waals surface area contributed by atoms with Crippen LogP contribution in [0.3, 0.4) is 0 Å². The van der Waals surface area contributed by atoms with Gasteiger partial charge in [0.15, 0.2) is 12.0 Å². The highest BCUT2D eigenvalue weighted by atomic mass is 16.5. The molecule has 1 fully saturated rings. The normalized spacial score (nSPS) is 15.5. The van der Waals surface area contributed by atoms with E-state index >= 15 is 0 Å². The molecule has 0 N–H and O–H groups in total. The van der Waals surface area contributed by atoms with Gasteiger partial charge in [0.2, 0.25) is 11.8 Å². The molecule has 0 unspecified atom stereocenters. The van der Waals surface area contributed by atoms with Crippen molar-refractivity contribution in [3.63, 3.8) is 0 Å². The van der Waals surface area contributed by atoms with Gasteiger partial charge in [0.1, 0.15) is 0 Å². The smallest absolute Gasteiger partial charge is 0.229 e. The van der Waals surface area contributed by atoms with Gasteiger partial charge < -0.3 is 14.1 Å². The number of nitrogens with zero attached hydrogens (tertiary/aromatic N) is 2. The summed E-state index contributed by atoms with van der Waals surface area (Å²) in [6.45, 7) is 2.70. The maximum atomic E-state index is 11.1. The first-order chi connectivity index (χ1) is 9.38. The lowest BCUT2D eigenvalue weighted by Gasteiger charge is -2.26. The van der Waals surface area contributed by atoms with Crippen molar-refractivity contribution < 1.29 is 13.9 Å². The Balaban J connectivity index is 1.96. The van der Waals surface area contributed by atoms with Gasteiger partial charge in [0, 0.05) is 18.7 Å². The van der Waals surface area contributed by atoms with E-state index < -0.39 is 0 Å². The molecular weight excluding hydrogens is 244 g/mol. The number of anilines is 1. The Kier molecular flexibility index (Phi) is 3.29. The molecule has 0 aliphatic carbocycles. The molecule has 0 radical (unpaired) electrons. The third-order valence-electron chi connectivity index (χ3n) is 3.07. The minimum atomic E-state index is 0.348. The van der Waals surface area contributed by atoms with E-state index in [1.165, 1.54) is 0 Å². The summed E-state index contributed by atoms with van der Waals surface area (Å²) in [5.74, 6) is 1.02. The van der Waals surface area contributed by atoms with Gasteiger partial charge in [0.25, 0.3) is 0 Å². The van der Waals surface area contributed by atoms with Crippen LogP contribution in [-0.2, 0) is 4.74 Å². The number of carbonyl (C=O) groups is 1. The number of ether oxygens (including phenoxy) is 1. The van der Waals surface area contributed by atoms with Gasteiger partial charge in [-0.05, 0) is 12.1 Å². The summed E-state index contributed by atoms with van der Waals surface area (Å²) in [7, 11) is 0. The maximum absolute atomic E-state index is 11.1. The van der Waals surface area contributed by atoms with Crippen LogP contribution in [0.4, 0.5) is 5.88 Å². The highest BCUT2D eigenvalue weighted by Crippen LogP contribution is 2.27. The highest BCUT2D eigenvalue weighted by Gasteiger charge is 2.21. The quantitative estimate of drug-likeness (QED) is 0.788. The van der Waals surface area contributed by atoms with Crippen molar-refractivity contribution in [3.05, 3.63) is 36.0 Å². The Labute approximate surface area is 110 Å². The first-order valence-corrected chi connectivity index (χ1v) is 6.22. The Morgan fingerprint density at radius 1 is 1.16 bits per heavy atom. The second kappa shape index (κ2) is 5.24. The van der Waals surface area contributed by atoms with E-state index in [0.717, 1.165) is 11.8 Å². The Morgan fingerprint density at radius 2 is 1.89 bits per heavy atom. The van der Waals surface area contributed by atoms with Crippen LogP contribution in [0.5, 0.6) is 0 Å². The van der Waals surface area contributed by atoms with Crippen LogP contribution < -0.4 is 4.90 Å². The molecule has 0 spiro atoms. The van der Waals surface area contributed by atoms with Crippen molar-refractivity contribution in [2.45, 2.75) is 0 Å². The van der Waals surface area contributed by atoms with Gasteiger partial charge in [-0.2, -0.15) is 0 Å². The van der Waals surface area contributed by atoms with Crippen molar-refractivity contribution in [2.24, 2.45) is 0 Å². The summed E-state index contributed by atoms with van der Waals surface area (Å²) in [5.41, 5.74) is 1.21. The number of morpholine rings is 1. The first kappa shape index (κ1) is 11.9. The monoisotopic (exact) mass is 258 g/mol. The molecular formula is C14H14N2O3. The van der Waals surface area contributed by atoms with Gasteiger partial charge in [-0.15, -0.1) is 0 Å². The number of oxazole rings is 1. The number of aldehydes is 1. The number of benzene rings is 1. The Bertz CT molecular complexity index is 559. The SMILES string of the molecule is O=Cc1nc(-c2ccccc2)oc1N1CCOCC1. The Morgan fingerprint density at radius 3 is 2.58 bits per heavy atom. The average molecular weight is 258 g/mol. The zero-order chi connectivity index (χ0) is 13.1. The van der Waals surface area contributed by atoms with E-state index in [1.54, 1.807) is 0 Å². The van der Waals surface area contributed by atoms with Crippen molar-refractivity contribution in [2.75, 3.05) is 31.2 Å². The van der Waals surface area contributed by atoms with Crippen LogP contribution >= 0.6 is 0 Å². The molecule has 0 amide bonds. The van der Waals surface area contributed by atoms with E-state index in [2.05, 4.69) is 4.98 Å². The summed E-state index contributed by atoms with van der Waals surface area (Å²) in [6.07, 6.45) is 0.737. The van der Waals surface area contributed by atoms with Crippen molar-refractivity contribution in [1.82, 2.24) is 4.98 Å². The van der Waals surface area contributed by atoms with E-state index in [1.807, 2.05) is 35.2 Å². The fourth-order valence-corrected chi connectivity index (χ4v) is 2.10. The molecule has 19 heavy (non-hydrogen) atoms. The molecule has 1 aromatic carbocycles. The van der Waals surface area contributed by atoms with Gasteiger partial charge in [-0.3, -0.25) is 4.79 Å². The molecule has 0 atom stereocenters. The molecule has 5 nitrogen and oxygen atoms in total. The molecule has 5 heteroatoms. The minimum Gasteiger partial charge on any atom is -0.420 e. The maximum Gasteiger partial charge on any atom is 0.229 e. The summed E-state index contributed by atoms with van der Waals surface area (Å²) >= 11 is 0. The second-order valence-corrected chi connectivity index (χ2v) is 4.29. The lowest BCUT2D eigenvalue weighted by Crippen LogP contribution is -2.36. The molecule has 2 heterocycles. The number of aromatic nitrogens is 1. The third kappa shape index (κ3) is 2.37. The topological polar surface area (TPSA) is 55.6 Å². The van der Waals surface area contributed by atoms with Gasteiger partial charge >= 0.3 is 0 Å². The number of carbonyl (C=O) groups excluding carboxylic acids is 1. The summed E-state index contributed by atoms with van der Waals surface area (Å²) in [4.78, 5) is 17.4. The molecule has 0 bridgehead atoms. The molecule has 1 aliphatic heterocycles. The van der Waals surface area contributed by atoms with Crippen LogP contribution in [0.15, 0.2) is 34.7 Å². The molecule has 1 aromatic heterocycles. The Hall–Kier alpha value is -2.14. The molecule has 1 aliphatic rings. The third-order valence-corrected chi connectivity index (χ3v) is 3.07. The average Bonchev–Trinajstić information content (AvgIpc) is 2.93. The standard InChI is InChI=1S/C14H14N2O3/c17-10-12-14(16-6-8-18-9-7-16)19-13(15-12)11-4-2-1-3-5-11/h1-5,10H,6-9H2. The van der Waals surface area contributed by atoms with Crippen LogP contribution in [0.2, 0.25) is 0 Å². The van der Waals surface area contributed by atoms with E-state index in [0.29, 0.717) is 43.8 Å². The number of hydrogen-bond donors (Lipinski definition) is 0. The lowest BCUT2D eigenvalue weighted by atomic mass is 10.2. The fourth-order valence-electron chi connectivity index (χ4n) is 2.10. The molecule has 2 aromatic rings. The molecule has 1 saturated heterocycles. The second-order valence-electron chi connectivity index (χ2n) is 4.29. The largest absolute Gasteiger partial charge is 0.420 e. The predicted molar refractivity (Wildman–Crippen MR) is 70.4 cm³/mol. The zero-order valence-corrected chi connectivity index (χ0v) is 10.4. The molecule has 0 saturated carbocycles. The van der Waals surface area contributed by atoms with E-state index in [-0.39, 0.29) is 0 Å². The van der Waals surface area contributed by atoms with Crippen LogP contribution in [-0.4, -0.2) is 37.6 Å². The number of hydrogen-bond acceptors (Lipinski definition) is 5. The summed E-state index contributed by atoms with van der Waals surface area (Å²) in [6, 6.07) is 9.56. The van der Waals surface area contributed by atoms with Crippen LogP contribution in [0, 0.1) is 0 Å². The van der Waals surface area contributed by atoms with Crippen molar-refractivity contribution >= 4 is 12.2 Å². The lowest BCUT2D eigenvalue weighted by molar-refractivity contribution is 0.111.